The van der Waals surface area contributed by atoms with Gasteiger partial charge in [0.2, 0.25) is 0 Å². The first-order chi connectivity index (χ1) is 13.2. The largest absolute Gasteiger partial charge is 0.399 e. The second-order valence-electron chi connectivity index (χ2n) is 6.75. The molecule has 0 bridgehead atoms. The summed E-state index contributed by atoms with van der Waals surface area (Å²) in [6.07, 6.45) is 6.16. The summed E-state index contributed by atoms with van der Waals surface area (Å²) in [7, 11) is 3.23. The molecule has 0 spiro atoms. The molecule has 0 aromatic heterocycles. The van der Waals surface area contributed by atoms with E-state index in [0.717, 1.165) is 5.70 Å². The van der Waals surface area contributed by atoms with Gasteiger partial charge in [0, 0.05) is 26.3 Å². The zero-order chi connectivity index (χ0) is 18.9. The molecule has 3 heteroatoms. The van der Waals surface area contributed by atoms with Crippen LogP contribution in [-0.4, -0.2) is 20.0 Å². The molecule has 0 saturated carbocycles. The SMILES string of the molecule is COC1(OC)C=CC(N)=CC1.c1cc2ccc3cccc4ccc(c1)c2c34. The maximum Gasteiger partial charge on any atom is 0.191 e. The van der Waals surface area contributed by atoms with Gasteiger partial charge in [-0.1, -0.05) is 66.7 Å². The third kappa shape index (κ3) is 3.16. The molecule has 0 radical (unpaired) electrons. The van der Waals surface area contributed by atoms with Gasteiger partial charge in [0.15, 0.2) is 5.79 Å². The molecule has 3 nitrogen and oxygen atoms in total. The van der Waals surface area contributed by atoms with Gasteiger partial charge in [0.25, 0.3) is 0 Å². The Bertz CT molecular complexity index is 1010. The first-order valence-corrected chi connectivity index (χ1v) is 9.03. The van der Waals surface area contributed by atoms with Crippen molar-refractivity contribution in [1.29, 1.82) is 0 Å². The van der Waals surface area contributed by atoms with Crippen molar-refractivity contribution in [2.24, 2.45) is 5.73 Å². The highest BCUT2D eigenvalue weighted by Crippen LogP contribution is 2.33. The second-order valence-corrected chi connectivity index (χ2v) is 6.75. The Labute approximate surface area is 159 Å². The van der Waals surface area contributed by atoms with Gasteiger partial charge in [-0.2, -0.15) is 0 Å². The summed E-state index contributed by atoms with van der Waals surface area (Å²) in [5.41, 5.74) is 6.29. The molecule has 27 heavy (non-hydrogen) atoms. The topological polar surface area (TPSA) is 44.5 Å². The van der Waals surface area contributed by atoms with Crippen molar-refractivity contribution < 1.29 is 9.47 Å². The Morgan fingerprint density at radius 3 is 1.52 bits per heavy atom. The molecule has 0 atom stereocenters. The van der Waals surface area contributed by atoms with Crippen molar-refractivity contribution in [2.75, 3.05) is 14.2 Å². The van der Waals surface area contributed by atoms with E-state index in [0.29, 0.717) is 6.42 Å². The summed E-state index contributed by atoms with van der Waals surface area (Å²) < 4.78 is 10.3. The fourth-order valence-electron chi connectivity index (χ4n) is 3.68. The lowest BCUT2D eigenvalue weighted by Crippen LogP contribution is -2.32. The van der Waals surface area contributed by atoms with Crippen molar-refractivity contribution >= 4 is 32.3 Å². The molecule has 1 aliphatic rings. The highest BCUT2D eigenvalue weighted by Gasteiger charge is 2.26. The van der Waals surface area contributed by atoms with E-state index in [-0.39, 0.29) is 0 Å². The maximum atomic E-state index is 5.53. The number of nitrogens with two attached hydrogens (primary N) is 1. The van der Waals surface area contributed by atoms with Crippen LogP contribution < -0.4 is 5.73 Å². The van der Waals surface area contributed by atoms with Gasteiger partial charge >= 0.3 is 0 Å². The molecule has 136 valence electrons. The van der Waals surface area contributed by atoms with Crippen LogP contribution in [0.4, 0.5) is 0 Å². The summed E-state index contributed by atoms with van der Waals surface area (Å²) in [5, 5.41) is 8.14. The van der Waals surface area contributed by atoms with Crippen LogP contribution in [0.25, 0.3) is 32.3 Å². The van der Waals surface area contributed by atoms with Gasteiger partial charge in [-0.25, -0.2) is 0 Å². The van der Waals surface area contributed by atoms with Gasteiger partial charge < -0.3 is 15.2 Å². The van der Waals surface area contributed by atoms with Gasteiger partial charge in [-0.3, -0.25) is 0 Å². The van der Waals surface area contributed by atoms with Crippen LogP contribution in [0.5, 0.6) is 0 Å². The standard InChI is InChI=1S/C16H10.C8H13NO2/c1-3-11-7-9-13-5-2-6-14-10-8-12(4-1)15(11)16(13)14;1-10-8(11-2)5-3-7(9)4-6-8/h1-10H;3-5H,6,9H2,1-2H3. The smallest absolute Gasteiger partial charge is 0.191 e. The minimum absolute atomic E-state index is 0.594. The monoisotopic (exact) mass is 357 g/mol. The molecule has 4 aromatic carbocycles. The van der Waals surface area contributed by atoms with Crippen LogP contribution in [0, 0.1) is 0 Å². The molecule has 2 N–H and O–H groups in total. The van der Waals surface area contributed by atoms with E-state index in [1.807, 2.05) is 12.2 Å². The van der Waals surface area contributed by atoms with Crippen molar-refractivity contribution in [1.82, 2.24) is 0 Å². The van der Waals surface area contributed by atoms with Crippen LogP contribution in [-0.2, 0) is 9.47 Å². The summed E-state index contributed by atoms with van der Waals surface area (Å²) in [4.78, 5) is 0. The second kappa shape index (κ2) is 7.03. The Kier molecular flexibility index (Phi) is 4.56. The van der Waals surface area contributed by atoms with E-state index >= 15 is 0 Å². The summed E-state index contributed by atoms with van der Waals surface area (Å²) in [6.45, 7) is 0. The van der Waals surface area contributed by atoms with Crippen LogP contribution in [0.3, 0.4) is 0 Å². The molecule has 0 fully saturated rings. The maximum absolute atomic E-state index is 5.53. The van der Waals surface area contributed by atoms with Crippen molar-refractivity contribution in [3.63, 3.8) is 0 Å². The number of ether oxygens (including phenoxy) is 2. The van der Waals surface area contributed by atoms with Gasteiger partial charge in [-0.05, 0) is 44.5 Å². The average molecular weight is 357 g/mol. The number of rotatable bonds is 2. The molecule has 1 aliphatic carbocycles. The fourth-order valence-corrected chi connectivity index (χ4v) is 3.68. The third-order valence-electron chi connectivity index (χ3n) is 5.24. The van der Waals surface area contributed by atoms with Gasteiger partial charge in [-0.15, -0.1) is 0 Å². The Morgan fingerprint density at radius 2 is 1.19 bits per heavy atom. The minimum atomic E-state index is -0.594. The van der Waals surface area contributed by atoms with E-state index in [1.165, 1.54) is 32.3 Å². The van der Waals surface area contributed by atoms with E-state index < -0.39 is 5.79 Å². The van der Waals surface area contributed by atoms with Crippen LogP contribution in [0.1, 0.15) is 6.42 Å². The predicted octanol–water partition coefficient (Wildman–Crippen LogP) is 5.36. The van der Waals surface area contributed by atoms with Crippen LogP contribution in [0.15, 0.2) is 84.6 Å². The highest BCUT2D eigenvalue weighted by molar-refractivity contribution is 6.22. The molecule has 5 rings (SSSR count). The Morgan fingerprint density at radius 1 is 0.741 bits per heavy atom. The minimum Gasteiger partial charge on any atom is -0.399 e. The van der Waals surface area contributed by atoms with E-state index in [9.17, 15) is 0 Å². The number of hydrogen-bond acceptors (Lipinski definition) is 3. The molecule has 0 heterocycles. The lowest BCUT2D eigenvalue weighted by molar-refractivity contribution is -0.167. The third-order valence-corrected chi connectivity index (χ3v) is 5.24. The molecular weight excluding hydrogens is 334 g/mol. The fraction of sp³-hybridized carbons (Fsp3) is 0.167. The lowest BCUT2D eigenvalue weighted by Gasteiger charge is -2.28. The zero-order valence-corrected chi connectivity index (χ0v) is 15.6. The van der Waals surface area contributed by atoms with Crippen LogP contribution in [0.2, 0.25) is 0 Å². The van der Waals surface area contributed by atoms with Crippen molar-refractivity contribution in [3.05, 3.63) is 84.6 Å². The molecule has 0 amide bonds. The molecule has 0 unspecified atom stereocenters. The highest BCUT2D eigenvalue weighted by atomic mass is 16.7. The van der Waals surface area contributed by atoms with Gasteiger partial charge in [0.05, 0.1) is 0 Å². The Hall–Kier alpha value is -2.88. The van der Waals surface area contributed by atoms with Crippen LogP contribution >= 0.6 is 0 Å². The van der Waals surface area contributed by atoms with E-state index in [2.05, 4.69) is 60.7 Å². The lowest BCUT2D eigenvalue weighted by atomic mass is 9.95. The van der Waals surface area contributed by atoms with Gasteiger partial charge in [0.1, 0.15) is 0 Å². The number of hydrogen-bond donors (Lipinski definition) is 1. The molecule has 4 aromatic rings. The molecule has 0 aliphatic heterocycles. The summed E-state index contributed by atoms with van der Waals surface area (Å²) in [5.74, 6) is -0.594. The normalized spacial score (nSPS) is 15.7. The predicted molar refractivity (Wildman–Crippen MR) is 113 cm³/mol. The zero-order valence-electron chi connectivity index (χ0n) is 15.6. The van der Waals surface area contributed by atoms with E-state index in [4.69, 9.17) is 15.2 Å². The van der Waals surface area contributed by atoms with Crippen molar-refractivity contribution in [3.8, 4) is 0 Å². The first-order valence-electron chi connectivity index (χ1n) is 9.03. The quantitative estimate of drug-likeness (QED) is 0.388. The van der Waals surface area contributed by atoms with E-state index in [1.54, 1.807) is 20.3 Å². The average Bonchev–Trinajstić information content (AvgIpc) is 2.74. The Balaban J connectivity index is 0.000000145. The number of benzene rings is 4. The summed E-state index contributed by atoms with van der Waals surface area (Å²) in [6, 6.07) is 21.9. The molecular formula is C24H23NO2. The first kappa shape index (κ1) is 17.5. The number of methoxy groups -OCH3 is 2. The van der Waals surface area contributed by atoms with Crippen molar-refractivity contribution in [2.45, 2.75) is 12.2 Å². The molecule has 0 saturated heterocycles. The summed E-state index contributed by atoms with van der Waals surface area (Å²) >= 11 is 0. The number of allylic oxidation sites excluding steroid dienone is 1.